The molecule has 8 heteroatoms. The first-order valence-corrected chi connectivity index (χ1v) is 9.31. The quantitative estimate of drug-likeness (QED) is 0.781. The Morgan fingerprint density at radius 3 is 2.29 bits per heavy atom. The molecule has 1 spiro atoms. The summed E-state index contributed by atoms with van der Waals surface area (Å²) in [7, 11) is 0. The molecule has 154 valence electrons. The Hall–Kier alpha value is -2.38. The van der Waals surface area contributed by atoms with E-state index in [1.165, 1.54) is 9.80 Å². The van der Waals surface area contributed by atoms with Crippen LogP contribution < -0.4 is 0 Å². The predicted octanol–water partition coefficient (Wildman–Crippen LogP) is 3.76. The van der Waals surface area contributed by atoms with Crippen LogP contribution in [0.2, 0.25) is 0 Å². The largest absolute Gasteiger partial charge is 0.445 e. The number of alkyl halides is 2. The van der Waals surface area contributed by atoms with E-state index >= 15 is 0 Å². The van der Waals surface area contributed by atoms with Crippen LogP contribution in [0.1, 0.15) is 26.3 Å². The molecule has 1 aromatic carbocycles. The van der Waals surface area contributed by atoms with Gasteiger partial charge in [-0.2, -0.15) is 0 Å². The van der Waals surface area contributed by atoms with Gasteiger partial charge in [0, 0.05) is 37.5 Å². The number of nitrogens with zero attached hydrogens (tertiary/aromatic N) is 2. The number of hydrogen-bond acceptors (Lipinski definition) is 4. The average Bonchev–Trinajstić information content (AvgIpc) is 2.99. The van der Waals surface area contributed by atoms with E-state index in [0.717, 1.165) is 5.56 Å². The zero-order chi connectivity index (χ0) is 20.5. The minimum Gasteiger partial charge on any atom is -0.445 e. The maximum Gasteiger partial charge on any atom is 0.410 e. The lowest BCUT2D eigenvalue weighted by Crippen LogP contribution is -2.63. The molecule has 2 fully saturated rings. The summed E-state index contributed by atoms with van der Waals surface area (Å²) in [5.74, 6) is -0.990. The van der Waals surface area contributed by atoms with Crippen LogP contribution in [0.5, 0.6) is 0 Å². The fraction of sp³-hybridized carbons (Fsp3) is 0.600. The summed E-state index contributed by atoms with van der Waals surface area (Å²) in [6.45, 7) is 5.72. The van der Waals surface area contributed by atoms with Gasteiger partial charge < -0.3 is 19.3 Å². The van der Waals surface area contributed by atoms with Gasteiger partial charge >= 0.3 is 12.2 Å². The van der Waals surface area contributed by atoms with Gasteiger partial charge in [0.1, 0.15) is 12.2 Å². The van der Waals surface area contributed by atoms with Crippen molar-refractivity contribution in [2.45, 2.75) is 39.4 Å². The van der Waals surface area contributed by atoms with E-state index in [0.29, 0.717) is 0 Å². The summed E-state index contributed by atoms with van der Waals surface area (Å²) in [6.07, 6.45) is -3.70. The molecule has 2 amide bonds. The summed E-state index contributed by atoms with van der Waals surface area (Å²) >= 11 is 0. The molecule has 0 saturated carbocycles. The lowest BCUT2D eigenvalue weighted by Gasteiger charge is -2.50. The smallest absolute Gasteiger partial charge is 0.410 e. The van der Waals surface area contributed by atoms with Crippen molar-refractivity contribution in [3.63, 3.8) is 0 Å². The van der Waals surface area contributed by atoms with E-state index in [9.17, 15) is 18.4 Å². The molecule has 2 aliphatic rings. The molecule has 1 atom stereocenters. The molecule has 0 aromatic heterocycles. The Balaban J connectivity index is 1.59. The van der Waals surface area contributed by atoms with Gasteiger partial charge in [-0.25, -0.2) is 18.4 Å². The molecule has 28 heavy (non-hydrogen) atoms. The van der Waals surface area contributed by atoms with Crippen molar-refractivity contribution in [2.24, 2.45) is 11.3 Å². The number of ether oxygens (including phenoxy) is 2. The third-order valence-corrected chi connectivity index (χ3v) is 5.14. The van der Waals surface area contributed by atoms with Crippen LogP contribution >= 0.6 is 0 Å². The SMILES string of the molecule is CC(C)(C)OC(=O)N1CC2(CN(C(=O)OCc3ccccc3)CC2C(F)F)C1. The highest BCUT2D eigenvalue weighted by Gasteiger charge is 2.60. The topological polar surface area (TPSA) is 59.1 Å². The van der Waals surface area contributed by atoms with Crippen LogP contribution in [0.3, 0.4) is 0 Å². The molecule has 0 N–H and O–H groups in total. The molecule has 0 aliphatic carbocycles. The predicted molar refractivity (Wildman–Crippen MR) is 97.9 cm³/mol. The summed E-state index contributed by atoms with van der Waals surface area (Å²) in [5.41, 5.74) is -0.628. The summed E-state index contributed by atoms with van der Waals surface area (Å²) in [5, 5.41) is 0. The number of carbonyl (C=O) groups is 2. The number of carbonyl (C=O) groups excluding carboxylic acids is 2. The van der Waals surface area contributed by atoms with Crippen molar-refractivity contribution < 1.29 is 27.8 Å². The zero-order valence-electron chi connectivity index (χ0n) is 16.4. The fourth-order valence-electron chi connectivity index (χ4n) is 3.79. The Bertz CT molecular complexity index is 715. The second kappa shape index (κ2) is 7.56. The molecule has 2 saturated heterocycles. The lowest BCUT2D eigenvalue weighted by molar-refractivity contribution is -0.0773. The first-order valence-electron chi connectivity index (χ1n) is 9.31. The minimum atomic E-state index is -2.58. The van der Waals surface area contributed by atoms with E-state index in [2.05, 4.69) is 0 Å². The molecule has 6 nitrogen and oxygen atoms in total. The van der Waals surface area contributed by atoms with Gasteiger partial charge in [0.25, 0.3) is 0 Å². The van der Waals surface area contributed by atoms with Crippen molar-refractivity contribution in [1.82, 2.24) is 9.80 Å². The monoisotopic (exact) mass is 396 g/mol. The normalized spacial score (nSPS) is 21.0. The second-order valence-electron chi connectivity index (χ2n) is 8.56. The van der Waals surface area contributed by atoms with Gasteiger partial charge in [0.2, 0.25) is 6.43 Å². The van der Waals surface area contributed by atoms with Gasteiger partial charge in [-0.1, -0.05) is 30.3 Å². The molecule has 0 bridgehead atoms. The van der Waals surface area contributed by atoms with E-state index in [1.54, 1.807) is 20.8 Å². The van der Waals surface area contributed by atoms with Crippen LogP contribution in [-0.2, 0) is 16.1 Å². The Kier molecular flexibility index (Phi) is 5.50. The number of halogens is 2. The first kappa shape index (κ1) is 20.4. The first-order chi connectivity index (χ1) is 13.1. The van der Waals surface area contributed by atoms with Crippen LogP contribution in [0.25, 0.3) is 0 Å². The van der Waals surface area contributed by atoms with Crippen molar-refractivity contribution in [3.8, 4) is 0 Å². The Labute approximate surface area is 163 Å². The van der Waals surface area contributed by atoms with Crippen molar-refractivity contribution in [2.75, 3.05) is 26.2 Å². The van der Waals surface area contributed by atoms with Crippen molar-refractivity contribution in [3.05, 3.63) is 35.9 Å². The van der Waals surface area contributed by atoms with Crippen LogP contribution in [0.4, 0.5) is 18.4 Å². The average molecular weight is 396 g/mol. The highest BCUT2D eigenvalue weighted by molar-refractivity contribution is 5.71. The van der Waals surface area contributed by atoms with Gasteiger partial charge in [-0.3, -0.25) is 0 Å². The van der Waals surface area contributed by atoms with E-state index in [1.807, 2.05) is 30.3 Å². The molecule has 1 unspecified atom stereocenters. The maximum absolute atomic E-state index is 13.6. The van der Waals surface area contributed by atoms with Crippen LogP contribution in [-0.4, -0.2) is 60.2 Å². The van der Waals surface area contributed by atoms with Gasteiger partial charge in [0.15, 0.2) is 0 Å². The van der Waals surface area contributed by atoms with Crippen LogP contribution in [0, 0.1) is 11.3 Å². The second-order valence-corrected chi connectivity index (χ2v) is 8.56. The molecule has 2 aliphatic heterocycles. The highest BCUT2D eigenvalue weighted by atomic mass is 19.3. The number of amides is 2. The van der Waals surface area contributed by atoms with Crippen LogP contribution in [0.15, 0.2) is 30.3 Å². The zero-order valence-corrected chi connectivity index (χ0v) is 16.4. The van der Waals surface area contributed by atoms with Crippen molar-refractivity contribution >= 4 is 12.2 Å². The van der Waals surface area contributed by atoms with E-state index in [4.69, 9.17) is 9.47 Å². The minimum absolute atomic E-state index is 0.0759. The van der Waals surface area contributed by atoms with Crippen molar-refractivity contribution in [1.29, 1.82) is 0 Å². The maximum atomic E-state index is 13.6. The number of rotatable bonds is 3. The number of likely N-dealkylation sites (tertiary alicyclic amines) is 2. The standard InChI is InChI=1S/C20H26F2N2O4/c1-19(2,3)28-18(26)24-12-20(13-24)11-23(9-15(20)16(21)22)17(25)27-10-14-7-5-4-6-8-14/h4-8,15-16H,9-13H2,1-3H3. The summed E-state index contributed by atoms with van der Waals surface area (Å²) in [6, 6.07) is 9.17. The summed E-state index contributed by atoms with van der Waals surface area (Å²) < 4.78 is 37.8. The van der Waals surface area contributed by atoms with E-state index < -0.39 is 35.5 Å². The number of benzene rings is 1. The van der Waals surface area contributed by atoms with E-state index in [-0.39, 0.29) is 32.8 Å². The Morgan fingerprint density at radius 2 is 1.71 bits per heavy atom. The fourth-order valence-corrected chi connectivity index (χ4v) is 3.79. The summed E-state index contributed by atoms with van der Waals surface area (Å²) in [4.78, 5) is 27.3. The highest BCUT2D eigenvalue weighted by Crippen LogP contribution is 2.47. The Morgan fingerprint density at radius 1 is 1.11 bits per heavy atom. The molecule has 0 radical (unpaired) electrons. The van der Waals surface area contributed by atoms with Gasteiger partial charge in [-0.15, -0.1) is 0 Å². The third-order valence-electron chi connectivity index (χ3n) is 5.14. The molecule has 3 rings (SSSR count). The van der Waals surface area contributed by atoms with Gasteiger partial charge in [0.05, 0.1) is 0 Å². The van der Waals surface area contributed by atoms with Gasteiger partial charge in [-0.05, 0) is 26.3 Å². The molecule has 1 aromatic rings. The number of hydrogen-bond donors (Lipinski definition) is 0. The molecular weight excluding hydrogens is 370 g/mol. The third kappa shape index (κ3) is 4.36. The molecule has 2 heterocycles. The lowest BCUT2D eigenvalue weighted by atomic mass is 9.72. The molecular formula is C20H26F2N2O4.